The lowest BCUT2D eigenvalue weighted by Gasteiger charge is -2.23. The number of thioether (sulfide) groups is 1. The van der Waals surface area contributed by atoms with Gasteiger partial charge in [0, 0.05) is 29.8 Å². The van der Waals surface area contributed by atoms with Gasteiger partial charge >= 0.3 is 0 Å². The number of carbonyl (C=O) groups is 1. The van der Waals surface area contributed by atoms with Gasteiger partial charge in [0.15, 0.2) is 0 Å². The van der Waals surface area contributed by atoms with Crippen molar-refractivity contribution < 1.29 is 4.79 Å². The van der Waals surface area contributed by atoms with Crippen LogP contribution in [0, 0.1) is 11.8 Å². The van der Waals surface area contributed by atoms with Gasteiger partial charge in [0.2, 0.25) is 5.91 Å². The highest BCUT2D eigenvalue weighted by molar-refractivity contribution is 7.99. The first kappa shape index (κ1) is 18.3. The van der Waals surface area contributed by atoms with Crippen molar-refractivity contribution >= 4 is 30.1 Å². The first-order valence-electron chi connectivity index (χ1n) is 7.30. The summed E-state index contributed by atoms with van der Waals surface area (Å²) in [4.78, 5) is 15.5. The van der Waals surface area contributed by atoms with Gasteiger partial charge in [-0.1, -0.05) is 25.1 Å². The fraction of sp³-hybridized carbons (Fsp3) is 0.562. The zero-order valence-corrected chi connectivity index (χ0v) is 14.3. The van der Waals surface area contributed by atoms with E-state index in [4.69, 9.17) is 5.73 Å². The van der Waals surface area contributed by atoms with Gasteiger partial charge in [-0.25, -0.2) is 0 Å². The lowest BCUT2D eigenvalue weighted by Crippen LogP contribution is -2.40. The van der Waals surface area contributed by atoms with Crippen LogP contribution < -0.4 is 5.73 Å². The third kappa shape index (κ3) is 5.20. The Morgan fingerprint density at radius 3 is 2.67 bits per heavy atom. The molecule has 1 aromatic rings. The van der Waals surface area contributed by atoms with E-state index in [9.17, 15) is 4.79 Å². The van der Waals surface area contributed by atoms with Crippen LogP contribution >= 0.6 is 24.2 Å². The lowest BCUT2D eigenvalue weighted by molar-refractivity contribution is -0.134. The Morgan fingerprint density at radius 2 is 2.05 bits per heavy atom. The maximum atomic E-state index is 12.2. The molecule has 21 heavy (non-hydrogen) atoms. The standard InChI is InChI=1S/C16H24N2OS.ClH/c1-12(13(2)17)16(19)18-9-8-14(10-18)11-20-15-6-4-3-5-7-15;/h3-7,12-14H,8-11,17H2,1-2H3;1H. The predicted molar refractivity (Wildman–Crippen MR) is 91.9 cm³/mol. The Labute approximate surface area is 138 Å². The number of benzene rings is 1. The van der Waals surface area contributed by atoms with E-state index < -0.39 is 0 Å². The van der Waals surface area contributed by atoms with Crippen LogP contribution in [0.15, 0.2) is 35.2 Å². The Balaban J connectivity index is 0.00000220. The molecule has 0 aromatic heterocycles. The number of nitrogens with zero attached hydrogens (tertiary/aromatic N) is 1. The average Bonchev–Trinajstić information content (AvgIpc) is 2.93. The summed E-state index contributed by atoms with van der Waals surface area (Å²) in [7, 11) is 0. The van der Waals surface area contributed by atoms with Crippen LogP contribution in [0.4, 0.5) is 0 Å². The molecular formula is C16H25ClN2OS. The van der Waals surface area contributed by atoms with Gasteiger partial charge in [0.1, 0.15) is 0 Å². The van der Waals surface area contributed by atoms with E-state index in [2.05, 4.69) is 24.3 Å². The molecule has 0 saturated carbocycles. The molecule has 1 saturated heterocycles. The molecule has 3 atom stereocenters. The molecule has 1 aliphatic heterocycles. The quantitative estimate of drug-likeness (QED) is 0.845. The third-order valence-electron chi connectivity index (χ3n) is 4.00. The second-order valence-corrected chi connectivity index (χ2v) is 6.80. The second kappa shape index (κ2) is 8.66. The fourth-order valence-electron chi connectivity index (χ4n) is 2.41. The Bertz CT molecular complexity index is 441. The van der Waals surface area contributed by atoms with Crippen molar-refractivity contribution in [1.29, 1.82) is 0 Å². The van der Waals surface area contributed by atoms with Gasteiger partial charge in [-0.05, 0) is 31.4 Å². The summed E-state index contributed by atoms with van der Waals surface area (Å²) in [6, 6.07) is 10.4. The van der Waals surface area contributed by atoms with E-state index in [0.717, 1.165) is 25.3 Å². The number of hydrogen-bond donors (Lipinski definition) is 1. The fourth-order valence-corrected chi connectivity index (χ4v) is 3.46. The van der Waals surface area contributed by atoms with E-state index in [1.807, 2.05) is 36.6 Å². The molecule has 0 radical (unpaired) electrons. The summed E-state index contributed by atoms with van der Waals surface area (Å²) in [6.07, 6.45) is 1.11. The molecule has 3 unspecified atom stereocenters. The van der Waals surface area contributed by atoms with Crippen molar-refractivity contribution in [1.82, 2.24) is 4.90 Å². The largest absolute Gasteiger partial charge is 0.342 e. The van der Waals surface area contributed by atoms with Crippen LogP contribution in [-0.2, 0) is 4.79 Å². The predicted octanol–water partition coefficient (Wildman–Crippen LogP) is 3.03. The van der Waals surface area contributed by atoms with E-state index >= 15 is 0 Å². The third-order valence-corrected chi connectivity index (χ3v) is 5.25. The Kier molecular flexibility index (Phi) is 7.57. The average molecular weight is 329 g/mol. The van der Waals surface area contributed by atoms with Gasteiger partial charge in [-0.15, -0.1) is 24.2 Å². The molecule has 1 aromatic carbocycles. The highest BCUT2D eigenvalue weighted by Crippen LogP contribution is 2.26. The first-order chi connectivity index (χ1) is 9.58. The van der Waals surface area contributed by atoms with E-state index in [1.54, 1.807) is 0 Å². The number of amides is 1. The lowest BCUT2D eigenvalue weighted by atomic mass is 10.0. The summed E-state index contributed by atoms with van der Waals surface area (Å²) in [5.41, 5.74) is 5.82. The molecule has 118 valence electrons. The summed E-state index contributed by atoms with van der Waals surface area (Å²) in [5, 5.41) is 0. The molecule has 1 heterocycles. The monoisotopic (exact) mass is 328 g/mol. The van der Waals surface area contributed by atoms with Gasteiger partial charge < -0.3 is 10.6 Å². The number of likely N-dealkylation sites (tertiary alicyclic amines) is 1. The maximum absolute atomic E-state index is 12.2. The second-order valence-electron chi connectivity index (χ2n) is 5.71. The zero-order valence-electron chi connectivity index (χ0n) is 12.7. The Hall–Kier alpha value is -0.710. The van der Waals surface area contributed by atoms with E-state index in [-0.39, 0.29) is 30.3 Å². The molecule has 3 nitrogen and oxygen atoms in total. The Morgan fingerprint density at radius 1 is 1.38 bits per heavy atom. The highest BCUT2D eigenvalue weighted by atomic mass is 35.5. The minimum atomic E-state index is -0.0736. The molecule has 0 spiro atoms. The van der Waals surface area contributed by atoms with Gasteiger partial charge in [0.25, 0.3) is 0 Å². The molecule has 1 aliphatic rings. The van der Waals surface area contributed by atoms with Crippen LogP contribution in [0.2, 0.25) is 0 Å². The van der Waals surface area contributed by atoms with Crippen molar-refractivity contribution in [3.05, 3.63) is 30.3 Å². The van der Waals surface area contributed by atoms with Crippen molar-refractivity contribution in [2.75, 3.05) is 18.8 Å². The number of rotatable bonds is 5. The van der Waals surface area contributed by atoms with Gasteiger partial charge in [-0.2, -0.15) is 0 Å². The zero-order chi connectivity index (χ0) is 14.5. The molecule has 2 rings (SSSR count). The first-order valence-corrected chi connectivity index (χ1v) is 8.28. The molecule has 1 amide bonds. The summed E-state index contributed by atoms with van der Waals surface area (Å²) >= 11 is 1.88. The molecule has 0 bridgehead atoms. The molecule has 2 N–H and O–H groups in total. The summed E-state index contributed by atoms with van der Waals surface area (Å²) in [6.45, 7) is 5.60. The molecule has 0 aliphatic carbocycles. The van der Waals surface area contributed by atoms with E-state index in [0.29, 0.717) is 5.92 Å². The van der Waals surface area contributed by atoms with Crippen LogP contribution in [-0.4, -0.2) is 35.7 Å². The molecule has 1 fully saturated rings. The number of halogens is 1. The minimum Gasteiger partial charge on any atom is -0.342 e. The summed E-state index contributed by atoms with van der Waals surface area (Å²) in [5.74, 6) is 1.83. The number of hydrogen-bond acceptors (Lipinski definition) is 3. The SMILES string of the molecule is CC(N)C(C)C(=O)N1CCC(CSc2ccccc2)C1.Cl. The van der Waals surface area contributed by atoms with Gasteiger partial charge in [0.05, 0.1) is 5.92 Å². The van der Waals surface area contributed by atoms with Gasteiger partial charge in [-0.3, -0.25) is 4.79 Å². The van der Waals surface area contributed by atoms with Crippen LogP contribution in [0.3, 0.4) is 0 Å². The topological polar surface area (TPSA) is 46.3 Å². The van der Waals surface area contributed by atoms with Crippen LogP contribution in [0.5, 0.6) is 0 Å². The van der Waals surface area contributed by atoms with Crippen molar-refractivity contribution in [2.24, 2.45) is 17.6 Å². The highest BCUT2D eigenvalue weighted by Gasteiger charge is 2.30. The molecule has 5 heteroatoms. The number of carbonyl (C=O) groups excluding carboxylic acids is 1. The van der Waals surface area contributed by atoms with Crippen LogP contribution in [0.1, 0.15) is 20.3 Å². The minimum absolute atomic E-state index is 0. The van der Waals surface area contributed by atoms with Crippen molar-refractivity contribution in [2.45, 2.75) is 31.2 Å². The maximum Gasteiger partial charge on any atom is 0.226 e. The molecular weight excluding hydrogens is 304 g/mol. The number of nitrogens with two attached hydrogens (primary N) is 1. The van der Waals surface area contributed by atoms with Crippen molar-refractivity contribution in [3.63, 3.8) is 0 Å². The van der Waals surface area contributed by atoms with Crippen molar-refractivity contribution in [3.8, 4) is 0 Å². The summed E-state index contributed by atoms with van der Waals surface area (Å²) < 4.78 is 0. The van der Waals surface area contributed by atoms with Crippen LogP contribution in [0.25, 0.3) is 0 Å². The van der Waals surface area contributed by atoms with E-state index in [1.165, 1.54) is 4.90 Å². The smallest absolute Gasteiger partial charge is 0.226 e. The normalized spacial score (nSPS) is 20.7.